The van der Waals surface area contributed by atoms with Crippen LogP contribution in [0.5, 0.6) is 0 Å². The topological polar surface area (TPSA) is 123 Å². The molecular weight excluding hydrogens is 438 g/mol. The summed E-state index contributed by atoms with van der Waals surface area (Å²) in [5.41, 5.74) is 0. The number of hydrogen-bond donors (Lipinski definition) is 3. The summed E-state index contributed by atoms with van der Waals surface area (Å²) in [6.07, 6.45) is 7.31. The molecule has 9 heteroatoms. The van der Waals surface area contributed by atoms with Crippen molar-refractivity contribution in [2.45, 2.75) is 72.3 Å². The zero-order valence-electron chi connectivity index (χ0n) is 21.4. The molecule has 0 saturated carbocycles. The molecule has 0 aromatic heterocycles. The molecule has 0 unspecified atom stereocenters. The fraction of sp³-hybridized carbons (Fsp3) is 0.760. The molecule has 1 fully saturated rings. The van der Waals surface area contributed by atoms with Crippen LogP contribution < -0.4 is 16.0 Å². The first-order valence-corrected chi connectivity index (χ1v) is 12.4. The number of carbonyl (C=O) groups excluding carboxylic acids is 4. The number of amides is 3. The van der Waals surface area contributed by atoms with Crippen molar-refractivity contribution in [1.82, 2.24) is 16.0 Å². The highest BCUT2D eigenvalue weighted by atomic mass is 16.5. The number of cyclic esters (lactones) is 1. The first-order chi connectivity index (χ1) is 16.1. The lowest BCUT2D eigenvalue weighted by atomic mass is 9.81. The smallest absolute Gasteiger partial charge is 0.407 e. The van der Waals surface area contributed by atoms with Gasteiger partial charge < -0.3 is 25.4 Å². The molecule has 3 amide bonds. The summed E-state index contributed by atoms with van der Waals surface area (Å²) in [4.78, 5) is 49.7. The number of esters is 1. The van der Waals surface area contributed by atoms with Gasteiger partial charge in [0.05, 0.1) is 13.7 Å². The molecular formula is C25H43N3O6. The normalized spacial score (nSPS) is 23.4. The van der Waals surface area contributed by atoms with Crippen molar-refractivity contribution in [3.05, 3.63) is 12.2 Å². The molecule has 3 atom stereocenters. The van der Waals surface area contributed by atoms with E-state index >= 15 is 0 Å². The molecule has 1 rings (SSSR count). The maximum absolute atomic E-state index is 13.5. The molecule has 1 aliphatic rings. The number of rotatable bonds is 7. The maximum Gasteiger partial charge on any atom is 0.407 e. The predicted molar refractivity (Wildman–Crippen MR) is 130 cm³/mol. The Hall–Kier alpha value is -2.58. The van der Waals surface area contributed by atoms with E-state index in [0.717, 1.165) is 0 Å². The fourth-order valence-electron chi connectivity index (χ4n) is 3.88. The van der Waals surface area contributed by atoms with Gasteiger partial charge in [0.2, 0.25) is 11.8 Å². The maximum atomic E-state index is 13.5. The van der Waals surface area contributed by atoms with Crippen molar-refractivity contribution < 1.29 is 28.7 Å². The van der Waals surface area contributed by atoms with Crippen molar-refractivity contribution in [1.29, 1.82) is 0 Å². The minimum absolute atomic E-state index is 0.0552. The lowest BCUT2D eigenvalue weighted by Gasteiger charge is -2.28. The Morgan fingerprint density at radius 1 is 1.15 bits per heavy atom. The summed E-state index contributed by atoms with van der Waals surface area (Å²) in [7, 11) is 1.25. The van der Waals surface area contributed by atoms with Gasteiger partial charge in [-0.05, 0) is 56.3 Å². The van der Waals surface area contributed by atoms with E-state index in [1.807, 2.05) is 0 Å². The molecule has 0 radical (unpaired) electrons. The monoisotopic (exact) mass is 481 g/mol. The molecule has 3 N–H and O–H groups in total. The molecule has 1 saturated heterocycles. The van der Waals surface area contributed by atoms with E-state index in [-0.39, 0.29) is 36.8 Å². The Morgan fingerprint density at radius 3 is 2.53 bits per heavy atom. The largest absolute Gasteiger partial charge is 0.468 e. The quantitative estimate of drug-likeness (QED) is 0.380. The third-order valence-corrected chi connectivity index (χ3v) is 5.69. The Bertz CT molecular complexity index is 692. The Morgan fingerprint density at radius 2 is 1.88 bits per heavy atom. The first kappa shape index (κ1) is 29.5. The average molecular weight is 482 g/mol. The summed E-state index contributed by atoms with van der Waals surface area (Å²) in [6.45, 7) is 8.74. The number of alkyl carbamates (subject to hydrolysis) is 1. The van der Waals surface area contributed by atoms with Gasteiger partial charge in [-0.3, -0.25) is 14.4 Å². The minimum atomic E-state index is -0.779. The third kappa shape index (κ3) is 12.0. The van der Waals surface area contributed by atoms with Gasteiger partial charge in [0.25, 0.3) is 0 Å². The van der Waals surface area contributed by atoms with Gasteiger partial charge in [-0.25, -0.2) is 4.79 Å². The van der Waals surface area contributed by atoms with Gasteiger partial charge in [0.15, 0.2) is 0 Å². The van der Waals surface area contributed by atoms with Crippen LogP contribution in [0.2, 0.25) is 0 Å². The highest BCUT2D eigenvalue weighted by Crippen LogP contribution is 2.27. The molecule has 34 heavy (non-hydrogen) atoms. The van der Waals surface area contributed by atoms with Gasteiger partial charge in [-0.15, -0.1) is 0 Å². The van der Waals surface area contributed by atoms with Crippen molar-refractivity contribution in [2.75, 3.05) is 26.8 Å². The number of carbonyl (C=O) groups is 4. The molecule has 194 valence electrons. The van der Waals surface area contributed by atoms with Crippen LogP contribution in [0.3, 0.4) is 0 Å². The van der Waals surface area contributed by atoms with Gasteiger partial charge in [-0.2, -0.15) is 0 Å². The SMILES string of the molecule is COC(=O)CNC(=O)[C@@H]1CCCCNC(=O)OCCC[C@H](/C=C/C(C)C)[C@@H](CC(C)C)C(=O)N1. The number of hydrogen-bond acceptors (Lipinski definition) is 6. The second-order valence-corrected chi connectivity index (χ2v) is 9.58. The van der Waals surface area contributed by atoms with Crippen LogP contribution in [0.25, 0.3) is 0 Å². The summed E-state index contributed by atoms with van der Waals surface area (Å²) >= 11 is 0. The first-order valence-electron chi connectivity index (χ1n) is 12.4. The standard InChI is InChI=1S/C25H43N3O6/c1-17(2)11-12-19-9-8-14-34-25(32)26-13-7-6-10-21(24(31)27-16-22(29)33-5)28-23(30)20(19)15-18(3)4/h11-12,17-21H,6-10,13-16H2,1-5H3,(H,26,32)(H,27,31)(H,28,30)/b12-11+/t19-,20-,21+/m1/s1. The molecule has 0 aliphatic carbocycles. The zero-order valence-corrected chi connectivity index (χ0v) is 21.4. The summed E-state index contributed by atoms with van der Waals surface area (Å²) in [5.74, 6) is -0.927. The van der Waals surface area contributed by atoms with Crippen molar-refractivity contribution in [2.24, 2.45) is 23.7 Å². The number of allylic oxidation sites excluding steroid dienone is 2. The van der Waals surface area contributed by atoms with Crippen LogP contribution in [0.4, 0.5) is 4.79 Å². The zero-order chi connectivity index (χ0) is 25.5. The Balaban J connectivity index is 3.15. The molecule has 1 heterocycles. The van der Waals surface area contributed by atoms with Crippen LogP contribution >= 0.6 is 0 Å². The van der Waals surface area contributed by atoms with Gasteiger partial charge >= 0.3 is 12.1 Å². The summed E-state index contributed by atoms with van der Waals surface area (Å²) < 4.78 is 9.87. The molecule has 0 bridgehead atoms. The van der Waals surface area contributed by atoms with Crippen molar-refractivity contribution in [3.8, 4) is 0 Å². The number of nitrogens with one attached hydrogen (secondary N) is 3. The van der Waals surface area contributed by atoms with Crippen LogP contribution in [-0.4, -0.2) is 56.7 Å². The van der Waals surface area contributed by atoms with E-state index in [4.69, 9.17) is 4.74 Å². The molecule has 9 nitrogen and oxygen atoms in total. The second-order valence-electron chi connectivity index (χ2n) is 9.58. The van der Waals surface area contributed by atoms with E-state index in [1.165, 1.54) is 7.11 Å². The van der Waals surface area contributed by atoms with Crippen LogP contribution in [-0.2, 0) is 23.9 Å². The molecule has 0 aromatic rings. The van der Waals surface area contributed by atoms with E-state index < -0.39 is 24.0 Å². The highest BCUT2D eigenvalue weighted by Gasteiger charge is 2.31. The molecule has 1 aliphatic heterocycles. The van der Waals surface area contributed by atoms with E-state index in [2.05, 4.69) is 60.5 Å². The van der Waals surface area contributed by atoms with Crippen LogP contribution in [0.15, 0.2) is 12.2 Å². The van der Waals surface area contributed by atoms with Gasteiger partial charge in [-0.1, -0.05) is 39.8 Å². The van der Waals surface area contributed by atoms with Crippen molar-refractivity contribution >= 4 is 23.9 Å². The Labute approximate surface area is 203 Å². The summed E-state index contributed by atoms with van der Waals surface area (Å²) in [6, 6.07) is -0.779. The second kappa shape index (κ2) is 16.1. The third-order valence-electron chi connectivity index (χ3n) is 5.69. The van der Waals surface area contributed by atoms with E-state index in [9.17, 15) is 19.2 Å². The lowest BCUT2D eigenvalue weighted by Crippen LogP contribution is -2.50. The number of methoxy groups -OCH3 is 1. The summed E-state index contributed by atoms with van der Waals surface area (Å²) in [5, 5.41) is 8.22. The Kier molecular flexibility index (Phi) is 14.0. The van der Waals surface area contributed by atoms with E-state index in [0.29, 0.717) is 51.0 Å². The van der Waals surface area contributed by atoms with Gasteiger partial charge in [0, 0.05) is 12.5 Å². The average Bonchev–Trinajstić information content (AvgIpc) is 2.78. The van der Waals surface area contributed by atoms with Crippen molar-refractivity contribution in [3.63, 3.8) is 0 Å². The van der Waals surface area contributed by atoms with Gasteiger partial charge in [0.1, 0.15) is 12.6 Å². The van der Waals surface area contributed by atoms with Crippen LogP contribution in [0, 0.1) is 23.7 Å². The highest BCUT2D eigenvalue weighted by molar-refractivity contribution is 5.90. The molecule has 0 spiro atoms. The van der Waals surface area contributed by atoms with E-state index in [1.54, 1.807) is 0 Å². The number of ether oxygens (including phenoxy) is 2. The fourth-order valence-corrected chi connectivity index (χ4v) is 3.88. The molecule has 0 aromatic carbocycles. The van der Waals surface area contributed by atoms with Crippen LogP contribution in [0.1, 0.15) is 66.2 Å². The minimum Gasteiger partial charge on any atom is -0.468 e. The lowest BCUT2D eigenvalue weighted by molar-refractivity contribution is -0.141. The predicted octanol–water partition coefficient (Wildman–Crippen LogP) is 2.94.